The molecule has 5 rings (SSSR count). The summed E-state index contributed by atoms with van der Waals surface area (Å²) < 4.78 is 5.79. The highest BCUT2D eigenvalue weighted by atomic mass is 35.5. The third-order valence-corrected chi connectivity index (χ3v) is 5.73. The highest BCUT2D eigenvalue weighted by Gasteiger charge is 2.42. The summed E-state index contributed by atoms with van der Waals surface area (Å²) in [6, 6.07) is 10.3. The number of fused-ring (bicyclic) bond motifs is 3. The van der Waals surface area contributed by atoms with Gasteiger partial charge in [0.15, 0.2) is 0 Å². The number of halogens is 1. The SMILES string of the molecule is Cl.O=C(NC1(c2ccccc2)CCC1)OC1CN2CCC1CC2. The number of ether oxygens (including phenoxy) is 1. The molecule has 1 saturated carbocycles. The minimum Gasteiger partial charge on any atom is -0.445 e. The van der Waals surface area contributed by atoms with E-state index in [-0.39, 0.29) is 30.1 Å². The van der Waals surface area contributed by atoms with E-state index in [0.29, 0.717) is 5.92 Å². The number of nitrogens with zero attached hydrogens (tertiary/aromatic N) is 1. The molecule has 4 aliphatic rings. The van der Waals surface area contributed by atoms with Crippen LogP contribution in [0.3, 0.4) is 0 Å². The van der Waals surface area contributed by atoms with Gasteiger partial charge in [0.05, 0.1) is 5.54 Å². The molecule has 1 aromatic rings. The smallest absolute Gasteiger partial charge is 0.408 e. The molecule has 3 saturated heterocycles. The molecule has 0 radical (unpaired) electrons. The lowest BCUT2D eigenvalue weighted by atomic mass is 9.72. The first-order valence-corrected chi connectivity index (χ1v) is 8.52. The number of carbonyl (C=O) groups is 1. The predicted octanol–water partition coefficient (Wildman–Crippen LogP) is 3.31. The Morgan fingerprint density at radius 2 is 1.87 bits per heavy atom. The van der Waals surface area contributed by atoms with Gasteiger partial charge in [-0.3, -0.25) is 4.90 Å². The van der Waals surface area contributed by atoms with Gasteiger partial charge in [0.2, 0.25) is 0 Å². The van der Waals surface area contributed by atoms with Gasteiger partial charge in [0.1, 0.15) is 6.10 Å². The molecule has 1 aliphatic carbocycles. The first-order valence-electron chi connectivity index (χ1n) is 8.52. The summed E-state index contributed by atoms with van der Waals surface area (Å²) in [5.41, 5.74) is 0.999. The molecule has 0 spiro atoms. The van der Waals surface area contributed by atoms with Gasteiger partial charge in [-0.2, -0.15) is 0 Å². The molecule has 2 bridgehead atoms. The zero-order valence-electron chi connectivity index (χ0n) is 13.4. The molecule has 0 aromatic heterocycles. The van der Waals surface area contributed by atoms with Crippen molar-refractivity contribution in [3.05, 3.63) is 35.9 Å². The van der Waals surface area contributed by atoms with Crippen LogP contribution in [0.15, 0.2) is 30.3 Å². The molecule has 5 heteroatoms. The van der Waals surface area contributed by atoms with Gasteiger partial charge < -0.3 is 10.1 Å². The van der Waals surface area contributed by atoms with Crippen molar-refractivity contribution in [1.29, 1.82) is 0 Å². The minimum atomic E-state index is -0.234. The number of hydrogen-bond acceptors (Lipinski definition) is 3. The second-order valence-corrected chi connectivity index (χ2v) is 7.01. The highest BCUT2D eigenvalue weighted by Crippen LogP contribution is 2.41. The molecule has 4 nitrogen and oxygen atoms in total. The Bertz CT molecular complexity index is 539. The summed E-state index contributed by atoms with van der Waals surface area (Å²) in [7, 11) is 0. The average Bonchev–Trinajstić information content (AvgIpc) is 2.53. The fourth-order valence-corrected chi connectivity index (χ4v) is 4.18. The Morgan fingerprint density at radius 3 is 2.39 bits per heavy atom. The largest absolute Gasteiger partial charge is 0.445 e. The van der Waals surface area contributed by atoms with Crippen LogP contribution in [-0.4, -0.2) is 36.7 Å². The number of carbonyl (C=O) groups excluding carboxylic acids is 1. The number of piperidine rings is 3. The van der Waals surface area contributed by atoms with E-state index >= 15 is 0 Å². The Kier molecular flexibility index (Phi) is 4.83. The van der Waals surface area contributed by atoms with Crippen LogP contribution in [-0.2, 0) is 10.3 Å². The number of nitrogens with one attached hydrogen (secondary N) is 1. The first-order chi connectivity index (χ1) is 10.8. The lowest BCUT2D eigenvalue weighted by Crippen LogP contribution is -2.55. The van der Waals surface area contributed by atoms with E-state index in [0.717, 1.165) is 25.8 Å². The van der Waals surface area contributed by atoms with Gasteiger partial charge in [0.25, 0.3) is 0 Å². The molecule has 4 fully saturated rings. The Balaban J connectivity index is 0.00000156. The quantitative estimate of drug-likeness (QED) is 0.920. The third-order valence-electron chi connectivity index (χ3n) is 5.73. The fourth-order valence-electron chi connectivity index (χ4n) is 4.18. The Hall–Kier alpha value is -1.26. The van der Waals surface area contributed by atoms with Crippen LogP contribution in [0.25, 0.3) is 0 Å². The molecular formula is C18H25ClN2O2. The molecule has 126 valence electrons. The Labute approximate surface area is 144 Å². The summed E-state index contributed by atoms with van der Waals surface area (Å²) in [5, 5.41) is 3.17. The number of hydrogen-bond donors (Lipinski definition) is 1. The van der Waals surface area contributed by atoms with E-state index in [1.165, 1.54) is 31.5 Å². The summed E-state index contributed by atoms with van der Waals surface area (Å²) >= 11 is 0. The van der Waals surface area contributed by atoms with Gasteiger partial charge >= 0.3 is 6.09 Å². The van der Waals surface area contributed by atoms with Crippen LogP contribution in [0.5, 0.6) is 0 Å². The van der Waals surface area contributed by atoms with Gasteiger partial charge in [0, 0.05) is 6.54 Å². The molecule has 3 aliphatic heterocycles. The van der Waals surface area contributed by atoms with Crippen molar-refractivity contribution in [3.63, 3.8) is 0 Å². The van der Waals surface area contributed by atoms with Crippen molar-refractivity contribution in [2.75, 3.05) is 19.6 Å². The summed E-state index contributed by atoms with van der Waals surface area (Å²) in [5.74, 6) is 0.560. The monoisotopic (exact) mass is 336 g/mol. The third kappa shape index (κ3) is 3.20. The van der Waals surface area contributed by atoms with Crippen LogP contribution in [0.4, 0.5) is 4.79 Å². The molecule has 3 heterocycles. The molecule has 1 unspecified atom stereocenters. The van der Waals surface area contributed by atoms with Crippen molar-refractivity contribution in [2.24, 2.45) is 5.92 Å². The maximum absolute atomic E-state index is 12.4. The fraction of sp³-hybridized carbons (Fsp3) is 0.611. The second kappa shape index (κ2) is 6.70. The second-order valence-electron chi connectivity index (χ2n) is 7.01. The first kappa shape index (κ1) is 16.6. The predicted molar refractivity (Wildman–Crippen MR) is 91.8 cm³/mol. The Morgan fingerprint density at radius 1 is 1.17 bits per heavy atom. The molecular weight excluding hydrogens is 312 g/mol. The van der Waals surface area contributed by atoms with E-state index < -0.39 is 0 Å². The van der Waals surface area contributed by atoms with Gasteiger partial charge in [-0.05, 0) is 56.7 Å². The topological polar surface area (TPSA) is 41.6 Å². The van der Waals surface area contributed by atoms with Crippen molar-refractivity contribution >= 4 is 18.5 Å². The van der Waals surface area contributed by atoms with E-state index in [1.807, 2.05) is 18.2 Å². The molecule has 1 aromatic carbocycles. The van der Waals surface area contributed by atoms with E-state index in [2.05, 4.69) is 22.3 Å². The van der Waals surface area contributed by atoms with Crippen molar-refractivity contribution in [3.8, 4) is 0 Å². The van der Waals surface area contributed by atoms with Crippen LogP contribution < -0.4 is 5.32 Å². The van der Waals surface area contributed by atoms with Crippen LogP contribution in [0.1, 0.15) is 37.7 Å². The maximum atomic E-state index is 12.4. The molecule has 23 heavy (non-hydrogen) atoms. The van der Waals surface area contributed by atoms with Gasteiger partial charge in [-0.1, -0.05) is 30.3 Å². The van der Waals surface area contributed by atoms with E-state index in [4.69, 9.17) is 4.74 Å². The van der Waals surface area contributed by atoms with Crippen molar-refractivity contribution in [1.82, 2.24) is 10.2 Å². The number of rotatable bonds is 3. The normalized spacial score (nSPS) is 30.7. The van der Waals surface area contributed by atoms with Crippen LogP contribution >= 0.6 is 12.4 Å². The maximum Gasteiger partial charge on any atom is 0.408 e. The zero-order chi connectivity index (χ0) is 15.0. The van der Waals surface area contributed by atoms with Crippen molar-refractivity contribution in [2.45, 2.75) is 43.7 Å². The number of amides is 1. The van der Waals surface area contributed by atoms with Gasteiger partial charge in [-0.15, -0.1) is 12.4 Å². The van der Waals surface area contributed by atoms with Crippen molar-refractivity contribution < 1.29 is 9.53 Å². The summed E-state index contributed by atoms with van der Waals surface area (Å²) in [6.45, 7) is 3.25. The standard InChI is InChI=1S/C18H24N2O2.ClH/c21-17(22-16-13-20-11-7-14(16)8-12-20)19-18(9-4-10-18)15-5-2-1-3-6-15;/h1-3,5-6,14,16H,4,7-13H2,(H,19,21);1H. The average molecular weight is 337 g/mol. The molecule has 1 amide bonds. The molecule has 1 atom stereocenters. The minimum absolute atomic E-state index is 0. The van der Waals surface area contributed by atoms with Crippen LogP contribution in [0.2, 0.25) is 0 Å². The lowest BCUT2D eigenvalue weighted by Gasteiger charge is -2.46. The van der Waals surface area contributed by atoms with Gasteiger partial charge in [-0.25, -0.2) is 4.79 Å². The summed E-state index contributed by atoms with van der Waals surface area (Å²) in [4.78, 5) is 14.8. The highest BCUT2D eigenvalue weighted by molar-refractivity contribution is 5.85. The zero-order valence-corrected chi connectivity index (χ0v) is 14.2. The van der Waals surface area contributed by atoms with E-state index in [1.54, 1.807) is 0 Å². The molecule has 1 N–H and O–H groups in total. The van der Waals surface area contributed by atoms with E-state index in [9.17, 15) is 4.79 Å². The lowest BCUT2D eigenvalue weighted by molar-refractivity contribution is -0.0372. The number of alkyl carbamates (subject to hydrolysis) is 1. The van der Waals surface area contributed by atoms with Crippen LogP contribution in [0, 0.1) is 5.92 Å². The number of benzene rings is 1. The summed E-state index contributed by atoms with van der Waals surface area (Å²) in [6.07, 6.45) is 5.36.